The lowest BCUT2D eigenvalue weighted by molar-refractivity contribution is -0.121. The number of rotatable bonds is 5. The van der Waals surface area contributed by atoms with Gasteiger partial charge in [-0.1, -0.05) is 11.6 Å². The van der Waals surface area contributed by atoms with Gasteiger partial charge in [-0.15, -0.1) is 0 Å². The lowest BCUT2D eigenvalue weighted by atomic mass is 9.95. The van der Waals surface area contributed by atoms with Gasteiger partial charge < -0.3 is 24.1 Å². The molecule has 144 valence electrons. The molecular weight excluding hydrogens is 372 g/mol. The molecule has 0 saturated carbocycles. The third-order valence-electron chi connectivity index (χ3n) is 4.65. The van der Waals surface area contributed by atoms with Crippen molar-refractivity contribution < 1.29 is 23.5 Å². The second kappa shape index (κ2) is 8.35. The molecule has 2 amide bonds. The summed E-state index contributed by atoms with van der Waals surface area (Å²) in [5.41, 5.74) is 1.01. The highest BCUT2D eigenvalue weighted by Gasteiger charge is 2.28. The fraction of sp³-hybridized carbons (Fsp3) is 0.368. The third kappa shape index (κ3) is 4.19. The molecule has 1 aromatic heterocycles. The molecule has 0 unspecified atom stereocenters. The van der Waals surface area contributed by atoms with Crippen LogP contribution in [0.4, 0.5) is 5.69 Å². The summed E-state index contributed by atoms with van der Waals surface area (Å²) in [4.78, 5) is 26.7. The summed E-state index contributed by atoms with van der Waals surface area (Å²) in [7, 11) is 3.02. The number of nitrogens with zero attached hydrogens (tertiary/aromatic N) is 1. The van der Waals surface area contributed by atoms with Crippen molar-refractivity contribution in [2.45, 2.75) is 12.8 Å². The number of benzene rings is 1. The van der Waals surface area contributed by atoms with Gasteiger partial charge in [0, 0.05) is 25.1 Å². The first-order chi connectivity index (χ1) is 13.0. The van der Waals surface area contributed by atoms with Crippen LogP contribution in [0, 0.1) is 5.92 Å². The zero-order valence-corrected chi connectivity index (χ0v) is 15.9. The van der Waals surface area contributed by atoms with E-state index < -0.39 is 0 Å². The Morgan fingerprint density at radius 2 is 1.89 bits per heavy atom. The van der Waals surface area contributed by atoms with Crippen molar-refractivity contribution in [3.8, 4) is 11.5 Å². The molecule has 1 aliphatic rings. The topological polar surface area (TPSA) is 81.0 Å². The molecule has 27 heavy (non-hydrogen) atoms. The van der Waals surface area contributed by atoms with E-state index in [9.17, 15) is 9.59 Å². The van der Waals surface area contributed by atoms with Gasteiger partial charge in [0.05, 0.1) is 36.8 Å². The molecule has 0 bridgehead atoms. The zero-order chi connectivity index (χ0) is 19.4. The maximum Gasteiger partial charge on any atom is 0.257 e. The maximum atomic E-state index is 12.6. The quantitative estimate of drug-likeness (QED) is 0.842. The summed E-state index contributed by atoms with van der Waals surface area (Å²) in [6, 6.07) is 4.87. The molecule has 1 fully saturated rings. The predicted molar refractivity (Wildman–Crippen MR) is 101 cm³/mol. The monoisotopic (exact) mass is 392 g/mol. The normalized spacial score (nSPS) is 14.7. The summed E-state index contributed by atoms with van der Waals surface area (Å²) in [5.74, 6) is 0.551. The SMILES string of the molecule is COc1cc(OC)c(NC(=O)C2CCN(C(=O)c3ccoc3)CC2)cc1Cl. The number of piperidine rings is 1. The summed E-state index contributed by atoms with van der Waals surface area (Å²) < 4.78 is 15.4. The molecular formula is C19H21ClN2O5. The van der Waals surface area contributed by atoms with E-state index in [0.29, 0.717) is 53.7 Å². The minimum Gasteiger partial charge on any atom is -0.495 e. The predicted octanol–water partition coefficient (Wildman–Crippen LogP) is 3.44. The van der Waals surface area contributed by atoms with E-state index in [1.807, 2.05) is 0 Å². The van der Waals surface area contributed by atoms with Crippen LogP contribution in [0.5, 0.6) is 11.5 Å². The molecule has 3 rings (SSSR count). The number of halogens is 1. The van der Waals surface area contributed by atoms with Crippen molar-refractivity contribution in [1.29, 1.82) is 0 Å². The molecule has 1 saturated heterocycles. The molecule has 1 aliphatic heterocycles. The van der Waals surface area contributed by atoms with Crippen LogP contribution in [-0.2, 0) is 4.79 Å². The lowest BCUT2D eigenvalue weighted by Gasteiger charge is -2.31. The minimum atomic E-state index is -0.191. The molecule has 0 spiro atoms. The van der Waals surface area contributed by atoms with Crippen LogP contribution in [0.3, 0.4) is 0 Å². The largest absolute Gasteiger partial charge is 0.495 e. The Morgan fingerprint density at radius 1 is 1.19 bits per heavy atom. The Kier molecular flexibility index (Phi) is 5.91. The first kappa shape index (κ1) is 19.1. The highest BCUT2D eigenvalue weighted by atomic mass is 35.5. The second-order valence-corrected chi connectivity index (χ2v) is 6.66. The molecule has 1 N–H and O–H groups in total. The molecule has 1 aromatic carbocycles. The Balaban J connectivity index is 1.62. The van der Waals surface area contributed by atoms with Crippen LogP contribution in [0.25, 0.3) is 0 Å². The van der Waals surface area contributed by atoms with Gasteiger partial charge in [0.2, 0.25) is 5.91 Å². The Labute approximate surface area is 162 Å². The van der Waals surface area contributed by atoms with Crippen molar-refractivity contribution in [3.63, 3.8) is 0 Å². The van der Waals surface area contributed by atoms with Crippen molar-refractivity contribution in [3.05, 3.63) is 41.3 Å². The van der Waals surface area contributed by atoms with E-state index in [-0.39, 0.29) is 17.7 Å². The van der Waals surface area contributed by atoms with Gasteiger partial charge in [-0.05, 0) is 25.0 Å². The Bertz CT molecular complexity index is 814. The molecule has 2 aromatic rings. The number of carbonyl (C=O) groups excluding carboxylic acids is 2. The molecule has 0 radical (unpaired) electrons. The van der Waals surface area contributed by atoms with Gasteiger partial charge in [-0.2, -0.15) is 0 Å². The molecule has 0 aliphatic carbocycles. The number of methoxy groups -OCH3 is 2. The van der Waals surface area contributed by atoms with E-state index in [2.05, 4.69) is 5.32 Å². The van der Waals surface area contributed by atoms with Crippen LogP contribution >= 0.6 is 11.6 Å². The summed E-state index contributed by atoms with van der Waals surface area (Å²) >= 11 is 6.15. The molecule has 7 nitrogen and oxygen atoms in total. The molecule has 8 heteroatoms. The van der Waals surface area contributed by atoms with E-state index in [4.69, 9.17) is 25.5 Å². The number of furan rings is 1. The van der Waals surface area contributed by atoms with Crippen LogP contribution < -0.4 is 14.8 Å². The summed E-state index contributed by atoms with van der Waals surface area (Å²) in [6.45, 7) is 1.03. The number of carbonyl (C=O) groups is 2. The number of hydrogen-bond acceptors (Lipinski definition) is 5. The highest BCUT2D eigenvalue weighted by Crippen LogP contribution is 2.36. The minimum absolute atomic E-state index is 0.0776. The molecule has 0 atom stereocenters. The molecule has 2 heterocycles. The number of likely N-dealkylation sites (tertiary alicyclic amines) is 1. The lowest BCUT2D eigenvalue weighted by Crippen LogP contribution is -2.41. The first-order valence-electron chi connectivity index (χ1n) is 8.57. The third-order valence-corrected chi connectivity index (χ3v) is 4.95. The Morgan fingerprint density at radius 3 is 2.48 bits per heavy atom. The van der Waals surface area contributed by atoms with Gasteiger partial charge in [0.25, 0.3) is 5.91 Å². The smallest absolute Gasteiger partial charge is 0.257 e. The standard InChI is InChI=1S/C19H21ClN2O5/c1-25-16-10-17(26-2)15(9-14(16)20)21-18(23)12-3-6-22(7-4-12)19(24)13-5-8-27-11-13/h5,8-12H,3-4,6-7H2,1-2H3,(H,21,23). The fourth-order valence-electron chi connectivity index (χ4n) is 3.11. The highest BCUT2D eigenvalue weighted by molar-refractivity contribution is 6.32. The zero-order valence-electron chi connectivity index (χ0n) is 15.2. The maximum absolute atomic E-state index is 12.6. The fourth-order valence-corrected chi connectivity index (χ4v) is 3.35. The van der Waals surface area contributed by atoms with Gasteiger partial charge in [-0.3, -0.25) is 9.59 Å². The van der Waals surface area contributed by atoms with Crippen molar-refractivity contribution in [1.82, 2.24) is 4.90 Å². The van der Waals surface area contributed by atoms with Crippen LogP contribution in [-0.4, -0.2) is 44.0 Å². The van der Waals surface area contributed by atoms with Gasteiger partial charge in [-0.25, -0.2) is 0 Å². The summed E-state index contributed by atoms with van der Waals surface area (Å²) in [5, 5.41) is 3.26. The number of anilines is 1. The summed E-state index contributed by atoms with van der Waals surface area (Å²) in [6.07, 6.45) is 4.07. The number of hydrogen-bond donors (Lipinski definition) is 1. The van der Waals surface area contributed by atoms with E-state index >= 15 is 0 Å². The van der Waals surface area contributed by atoms with Crippen molar-refractivity contribution >= 4 is 29.1 Å². The van der Waals surface area contributed by atoms with E-state index in [1.54, 1.807) is 23.1 Å². The average molecular weight is 393 g/mol. The van der Waals surface area contributed by atoms with Crippen molar-refractivity contribution in [2.75, 3.05) is 32.6 Å². The van der Waals surface area contributed by atoms with Gasteiger partial charge in [0.1, 0.15) is 17.8 Å². The number of amides is 2. The van der Waals surface area contributed by atoms with E-state index in [1.165, 1.54) is 26.7 Å². The average Bonchev–Trinajstić information content (AvgIpc) is 3.22. The number of nitrogens with one attached hydrogen (secondary N) is 1. The first-order valence-corrected chi connectivity index (χ1v) is 8.95. The van der Waals surface area contributed by atoms with E-state index in [0.717, 1.165) is 0 Å². The van der Waals surface area contributed by atoms with Gasteiger partial charge in [0.15, 0.2) is 0 Å². The van der Waals surface area contributed by atoms with Gasteiger partial charge >= 0.3 is 0 Å². The number of ether oxygens (including phenoxy) is 2. The second-order valence-electron chi connectivity index (χ2n) is 6.25. The van der Waals surface area contributed by atoms with Crippen LogP contribution in [0.1, 0.15) is 23.2 Å². The van der Waals surface area contributed by atoms with Crippen LogP contribution in [0.15, 0.2) is 35.1 Å². The van der Waals surface area contributed by atoms with Crippen LogP contribution in [0.2, 0.25) is 5.02 Å². The Hall–Kier alpha value is -2.67. The van der Waals surface area contributed by atoms with Crippen molar-refractivity contribution in [2.24, 2.45) is 5.92 Å².